The molecule has 0 bridgehead atoms. The van der Waals surface area contributed by atoms with Gasteiger partial charge in [0.25, 0.3) is 0 Å². The number of likely N-dealkylation sites (N-methyl/N-ethyl adjacent to an activating group) is 1. The van der Waals surface area contributed by atoms with Crippen LogP contribution in [0.1, 0.15) is 32.3 Å². The Morgan fingerprint density at radius 1 is 1.14 bits per heavy atom. The van der Waals surface area contributed by atoms with E-state index >= 15 is 0 Å². The first-order valence-electron chi connectivity index (χ1n) is 11.0. The summed E-state index contributed by atoms with van der Waals surface area (Å²) in [5, 5.41) is 4.27. The fourth-order valence-electron chi connectivity index (χ4n) is 4.10. The van der Waals surface area contributed by atoms with Gasteiger partial charge in [0.2, 0.25) is 0 Å². The maximum absolute atomic E-state index is 6.62. The third-order valence-electron chi connectivity index (χ3n) is 5.80. The van der Waals surface area contributed by atoms with Crippen LogP contribution in [0.5, 0.6) is 0 Å². The third-order valence-corrected chi connectivity index (χ3v) is 6.16. The minimum atomic E-state index is 0.381. The molecule has 0 spiro atoms. The molecule has 0 saturated carbocycles. The lowest BCUT2D eigenvalue weighted by atomic mass is 10.1. The van der Waals surface area contributed by atoms with Gasteiger partial charge in [0.1, 0.15) is 0 Å². The van der Waals surface area contributed by atoms with Gasteiger partial charge in [-0.15, -0.1) is 0 Å². The van der Waals surface area contributed by atoms with Crippen molar-refractivity contribution in [3.8, 4) is 0 Å². The fraction of sp³-hybridized carbons (Fsp3) is 0.682. The van der Waals surface area contributed by atoms with Crippen LogP contribution in [0.3, 0.4) is 0 Å². The maximum atomic E-state index is 6.62. The van der Waals surface area contributed by atoms with Crippen molar-refractivity contribution in [3.05, 3.63) is 28.8 Å². The molecular formula is C22H36ClN5O. The van der Waals surface area contributed by atoms with E-state index in [0.29, 0.717) is 12.6 Å². The van der Waals surface area contributed by atoms with Crippen LogP contribution in [-0.4, -0.2) is 81.3 Å². The number of piperazine rings is 1. The molecule has 162 valence electrons. The summed E-state index contributed by atoms with van der Waals surface area (Å²) in [5.41, 5.74) is 2.35. The summed E-state index contributed by atoms with van der Waals surface area (Å²) in [4.78, 5) is 12.1. The van der Waals surface area contributed by atoms with Crippen LogP contribution in [0, 0.1) is 0 Å². The van der Waals surface area contributed by atoms with Crippen molar-refractivity contribution in [3.63, 3.8) is 0 Å². The van der Waals surface area contributed by atoms with E-state index in [4.69, 9.17) is 21.3 Å². The number of ether oxygens (including phenoxy) is 1. The number of piperidine rings is 1. The van der Waals surface area contributed by atoms with Gasteiger partial charge in [0.15, 0.2) is 5.96 Å². The number of nitrogens with zero attached hydrogens (tertiary/aromatic N) is 4. The van der Waals surface area contributed by atoms with E-state index in [-0.39, 0.29) is 0 Å². The van der Waals surface area contributed by atoms with E-state index in [0.717, 1.165) is 81.8 Å². The number of hydrogen-bond acceptors (Lipinski definition) is 4. The minimum Gasteiger partial charge on any atom is -0.378 e. The molecule has 2 saturated heterocycles. The number of nitrogens with one attached hydrogen (secondary N) is 1. The Morgan fingerprint density at radius 3 is 2.52 bits per heavy atom. The first-order valence-corrected chi connectivity index (χ1v) is 11.4. The molecule has 2 aliphatic rings. The third kappa shape index (κ3) is 6.00. The summed E-state index contributed by atoms with van der Waals surface area (Å²) in [6.45, 7) is 12.6. The first kappa shape index (κ1) is 22.2. The van der Waals surface area contributed by atoms with Gasteiger partial charge in [0, 0.05) is 68.7 Å². The molecule has 0 radical (unpaired) electrons. The molecule has 0 unspecified atom stereocenters. The summed E-state index contributed by atoms with van der Waals surface area (Å²) < 4.78 is 5.79. The van der Waals surface area contributed by atoms with Crippen LogP contribution in [0.15, 0.2) is 23.2 Å². The first-order chi connectivity index (χ1) is 14.1. The second-order valence-electron chi connectivity index (χ2n) is 7.84. The van der Waals surface area contributed by atoms with Crippen molar-refractivity contribution < 1.29 is 4.74 Å². The van der Waals surface area contributed by atoms with E-state index in [1.54, 1.807) is 0 Å². The Morgan fingerprint density at radius 2 is 1.86 bits per heavy atom. The molecule has 0 aliphatic carbocycles. The smallest absolute Gasteiger partial charge is 0.194 e. The molecule has 3 rings (SSSR count). The topological polar surface area (TPSA) is 43.3 Å². The van der Waals surface area contributed by atoms with E-state index in [9.17, 15) is 0 Å². The lowest BCUT2D eigenvalue weighted by Gasteiger charge is -2.35. The number of anilines is 1. The average molecular weight is 422 g/mol. The molecule has 7 heteroatoms. The number of hydrogen-bond donors (Lipinski definition) is 1. The molecule has 6 nitrogen and oxygen atoms in total. The van der Waals surface area contributed by atoms with Crippen molar-refractivity contribution in [2.75, 3.05) is 64.4 Å². The largest absolute Gasteiger partial charge is 0.378 e. The molecule has 2 fully saturated rings. The Balaban J connectivity index is 1.72. The molecule has 0 atom stereocenters. The normalized spacial score (nSPS) is 19.7. The summed E-state index contributed by atoms with van der Waals surface area (Å²) in [6, 6.07) is 6.21. The van der Waals surface area contributed by atoms with Crippen LogP contribution in [-0.2, 0) is 11.3 Å². The highest BCUT2D eigenvalue weighted by Crippen LogP contribution is 2.29. The van der Waals surface area contributed by atoms with Gasteiger partial charge >= 0.3 is 0 Å². The van der Waals surface area contributed by atoms with E-state index < -0.39 is 0 Å². The van der Waals surface area contributed by atoms with Crippen molar-refractivity contribution >= 4 is 23.2 Å². The second-order valence-corrected chi connectivity index (χ2v) is 8.25. The van der Waals surface area contributed by atoms with Gasteiger partial charge in [-0.05, 0) is 45.9 Å². The Hall–Kier alpha value is -1.50. The van der Waals surface area contributed by atoms with Crippen molar-refractivity contribution in [2.45, 2.75) is 39.3 Å². The van der Waals surface area contributed by atoms with Crippen molar-refractivity contribution in [1.82, 2.24) is 15.1 Å². The van der Waals surface area contributed by atoms with Crippen LogP contribution in [0.25, 0.3) is 0 Å². The summed E-state index contributed by atoms with van der Waals surface area (Å²) in [7, 11) is 2.18. The quantitative estimate of drug-likeness (QED) is 0.564. The Labute approximate surface area is 180 Å². The predicted molar refractivity (Wildman–Crippen MR) is 122 cm³/mol. The molecule has 0 aromatic heterocycles. The monoisotopic (exact) mass is 421 g/mol. The predicted octanol–water partition coefficient (Wildman–Crippen LogP) is 3.06. The molecule has 29 heavy (non-hydrogen) atoms. The zero-order valence-electron chi connectivity index (χ0n) is 18.2. The van der Waals surface area contributed by atoms with Gasteiger partial charge < -0.3 is 24.8 Å². The van der Waals surface area contributed by atoms with Crippen LogP contribution >= 0.6 is 11.6 Å². The van der Waals surface area contributed by atoms with Gasteiger partial charge in [-0.25, -0.2) is 4.99 Å². The highest BCUT2D eigenvalue weighted by Gasteiger charge is 2.22. The van der Waals surface area contributed by atoms with Gasteiger partial charge in [-0.3, -0.25) is 0 Å². The summed E-state index contributed by atoms with van der Waals surface area (Å²) in [6.07, 6.45) is 2.49. The molecule has 1 N–H and O–H groups in total. The molecule has 0 amide bonds. The lowest BCUT2D eigenvalue weighted by molar-refractivity contribution is 0.0263. The molecule has 1 aromatic carbocycles. The number of likely N-dealkylation sites (tertiary alicyclic amines) is 1. The molecule has 2 heterocycles. The van der Waals surface area contributed by atoms with Crippen molar-refractivity contribution in [2.24, 2.45) is 4.99 Å². The average Bonchev–Trinajstić information content (AvgIpc) is 2.73. The van der Waals surface area contributed by atoms with E-state index in [1.165, 1.54) is 5.69 Å². The van der Waals surface area contributed by atoms with Crippen LogP contribution in [0.4, 0.5) is 5.69 Å². The van der Waals surface area contributed by atoms with Gasteiger partial charge in [0.05, 0.1) is 12.6 Å². The number of benzene rings is 1. The summed E-state index contributed by atoms with van der Waals surface area (Å²) >= 11 is 6.62. The number of rotatable bonds is 6. The van der Waals surface area contributed by atoms with E-state index in [2.05, 4.69) is 47.0 Å². The summed E-state index contributed by atoms with van der Waals surface area (Å²) in [5.74, 6) is 0.978. The Kier molecular flexibility index (Phi) is 8.45. The number of aliphatic imine (C=N–C) groups is 1. The van der Waals surface area contributed by atoms with Crippen LogP contribution in [0.2, 0.25) is 5.02 Å². The second kappa shape index (κ2) is 11.0. The molecular weight excluding hydrogens is 386 g/mol. The van der Waals surface area contributed by atoms with Gasteiger partial charge in [-0.2, -0.15) is 0 Å². The minimum absolute atomic E-state index is 0.381. The molecule has 2 aliphatic heterocycles. The standard InChI is InChI=1S/C22H36ClN5O/c1-4-24-22(28-11-9-18(10-12-28)29-5-2)25-17-19-20(23)7-6-8-21(19)27-15-13-26(3)14-16-27/h6-8,18H,4-5,9-17H2,1-3H3,(H,24,25). The van der Waals surface area contributed by atoms with E-state index in [1.807, 2.05) is 12.1 Å². The van der Waals surface area contributed by atoms with Gasteiger partial charge in [-0.1, -0.05) is 17.7 Å². The maximum Gasteiger partial charge on any atom is 0.194 e. The zero-order valence-corrected chi connectivity index (χ0v) is 18.9. The number of halogens is 1. The Bertz CT molecular complexity index is 667. The highest BCUT2D eigenvalue weighted by molar-refractivity contribution is 6.31. The SMILES string of the molecule is CCNC(=NCc1c(Cl)cccc1N1CCN(C)CC1)N1CCC(OCC)CC1. The molecule has 1 aromatic rings. The number of guanidine groups is 1. The highest BCUT2D eigenvalue weighted by atomic mass is 35.5. The van der Waals surface area contributed by atoms with Crippen molar-refractivity contribution in [1.29, 1.82) is 0 Å². The van der Waals surface area contributed by atoms with Crippen LogP contribution < -0.4 is 10.2 Å². The lowest BCUT2D eigenvalue weighted by Crippen LogP contribution is -2.47. The zero-order chi connectivity index (χ0) is 20.6. The fourth-order valence-corrected chi connectivity index (χ4v) is 4.33.